The molecule has 2 aromatic rings. The van der Waals surface area contributed by atoms with Crippen molar-refractivity contribution in [2.75, 3.05) is 13.8 Å². The van der Waals surface area contributed by atoms with E-state index in [-0.39, 0.29) is 6.79 Å². The molecule has 106 valence electrons. The summed E-state index contributed by atoms with van der Waals surface area (Å²) in [4.78, 5) is 0. The summed E-state index contributed by atoms with van der Waals surface area (Å²) in [5, 5.41) is 11.9. The molecular formula is C13H15ClN4O2. The first-order valence-electron chi connectivity index (χ1n) is 6.31. The third-order valence-electron chi connectivity index (χ3n) is 3.03. The van der Waals surface area contributed by atoms with Crippen LogP contribution >= 0.6 is 11.6 Å². The Balaban J connectivity index is 1.87. The minimum absolute atomic E-state index is 0.268. The summed E-state index contributed by atoms with van der Waals surface area (Å²) >= 11 is 6.14. The maximum Gasteiger partial charge on any atom is 0.189 e. The molecule has 1 aliphatic heterocycles. The molecule has 0 fully saturated rings. The van der Waals surface area contributed by atoms with Crippen LogP contribution in [0.1, 0.15) is 16.8 Å². The lowest BCUT2D eigenvalue weighted by atomic mass is 10.1. The summed E-state index contributed by atoms with van der Waals surface area (Å²) in [6.45, 7) is 2.05. The number of fused-ring (bicyclic) bond motifs is 1. The van der Waals surface area contributed by atoms with Gasteiger partial charge >= 0.3 is 0 Å². The van der Waals surface area contributed by atoms with Gasteiger partial charge in [-0.1, -0.05) is 16.8 Å². The Morgan fingerprint density at radius 3 is 3.20 bits per heavy atom. The van der Waals surface area contributed by atoms with Crippen LogP contribution in [0.15, 0.2) is 18.3 Å². The van der Waals surface area contributed by atoms with Gasteiger partial charge in [-0.05, 0) is 19.2 Å². The number of ether oxygens (including phenoxy) is 2. The number of hydrogen-bond donors (Lipinski definition) is 1. The molecule has 7 heteroatoms. The summed E-state index contributed by atoms with van der Waals surface area (Å²) in [6.07, 6.45) is 1.91. The lowest BCUT2D eigenvalue weighted by molar-refractivity contribution is -0.0171. The van der Waals surface area contributed by atoms with Crippen molar-refractivity contribution in [3.8, 4) is 5.75 Å². The van der Waals surface area contributed by atoms with Crippen molar-refractivity contribution in [3.63, 3.8) is 0 Å². The highest BCUT2D eigenvalue weighted by Crippen LogP contribution is 2.32. The van der Waals surface area contributed by atoms with Crippen molar-refractivity contribution in [2.24, 2.45) is 0 Å². The smallest absolute Gasteiger partial charge is 0.189 e. The van der Waals surface area contributed by atoms with Gasteiger partial charge in [0.25, 0.3) is 0 Å². The summed E-state index contributed by atoms with van der Waals surface area (Å²) in [6, 6.07) is 3.76. The van der Waals surface area contributed by atoms with Crippen molar-refractivity contribution in [1.29, 1.82) is 0 Å². The van der Waals surface area contributed by atoms with E-state index in [1.54, 1.807) is 4.68 Å². The first-order valence-corrected chi connectivity index (χ1v) is 6.69. The molecule has 0 aliphatic carbocycles. The molecule has 0 spiro atoms. The van der Waals surface area contributed by atoms with E-state index in [0.717, 1.165) is 22.6 Å². The molecule has 0 saturated carbocycles. The Morgan fingerprint density at radius 1 is 1.45 bits per heavy atom. The van der Waals surface area contributed by atoms with Crippen LogP contribution in [0, 0.1) is 0 Å². The zero-order valence-corrected chi connectivity index (χ0v) is 11.9. The van der Waals surface area contributed by atoms with Crippen molar-refractivity contribution in [1.82, 2.24) is 20.3 Å². The number of benzene rings is 1. The van der Waals surface area contributed by atoms with Crippen LogP contribution in [0.25, 0.3) is 0 Å². The van der Waals surface area contributed by atoms with Gasteiger partial charge in [0.1, 0.15) is 5.75 Å². The SMILES string of the molecule is CNCc1cn(Cc2cc(Cl)cc3c2OCOC3)nn1. The molecular weight excluding hydrogens is 280 g/mol. The van der Waals surface area contributed by atoms with E-state index >= 15 is 0 Å². The van der Waals surface area contributed by atoms with Gasteiger partial charge in [0, 0.05) is 22.7 Å². The summed E-state index contributed by atoms with van der Waals surface area (Å²) in [5.74, 6) is 0.839. The van der Waals surface area contributed by atoms with Crippen LogP contribution in [0.3, 0.4) is 0 Å². The third-order valence-corrected chi connectivity index (χ3v) is 3.25. The average molecular weight is 295 g/mol. The largest absolute Gasteiger partial charge is 0.467 e. The van der Waals surface area contributed by atoms with Gasteiger partial charge < -0.3 is 14.8 Å². The lowest BCUT2D eigenvalue weighted by Crippen LogP contribution is -2.14. The molecule has 1 aromatic heterocycles. The molecule has 3 rings (SSSR count). The Hall–Kier alpha value is -1.63. The zero-order chi connectivity index (χ0) is 13.9. The molecule has 1 aliphatic rings. The minimum atomic E-state index is 0.268. The van der Waals surface area contributed by atoms with Gasteiger partial charge in [-0.25, -0.2) is 4.68 Å². The van der Waals surface area contributed by atoms with E-state index in [4.69, 9.17) is 21.1 Å². The predicted molar refractivity (Wildman–Crippen MR) is 73.6 cm³/mol. The molecule has 0 amide bonds. The number of rotatable bonds is 4. The van der Waals surface area contributed by atoms with Gasteiger partial charge in [0.2, 0.25) is 0 Å². The molecule has 0 bridgehead atoms. The minimum Gasteiger partial charge on any atom is -0.467 e. The highest BCUT2D eigenvalue weighted by Gasteiger charge is 2.17. The number of nitrogens with zero attached hydrogens (tertiary/aromatic N) is 3. The van der Waals surface area contributed by atoms with Crippen molar-refractivity contribution in [3.05, 3.63) is 40.2 Å². The number of hydrogen-bond acceptors (Lipinski definition) is 5. The third kappa shape index (κ3) is 2.77. The second kappa shape index (κ2) is 5.78. The van der Waals surface area contributed by atoms with Crippen LogP contribution in [0.5, 0.6) is 5.75 Å². The fraction of sp³-hybridized carbons (Fsp3) is 0.385. The molecule has 0 atom stereocenters. The number of nitrogens with one attached hydrogen (secondary N) is 1. The quantitative estimate of drug-likeness (QED) is 0.927. The molecule has 0 saturated heterocycles. The van der Waals surface area contributed by atoms with Crippen molar-refractivity contribution < 1.29 is 9.47 Å². The maximum absolute atomic E-state index is 6.14. The lowest BCUT2D eigenvalue weighted by Gasteiger charge is -2.21. The maximum atomic E-state index is 6.14. The highest BCUT2D eigenvalue weighted by atomic mass is 35.5. The van der Waals surface area contributed by atoms with E-state index in [2.05, 4.69) is 15.6 Å². The van der Waals surface area contributed by atoms with Crippen LogP contribution in [-0.4, -0.2) is 28.8 Å². The molecule has 2 heterocycles. The monoisotopic (exact) mass is 294 g/mol. The Kier molecular flexibility index (Phi) is 3.86. The molecule has 20 heavy (non-hydrogen) atoms. The molecule has 6 nitrogen and oxygen atoms in total. The van der Waals surface area contributed by atoms with Crippen LogP contribution in [0.4, 0.5) is 0 Å². The standard InChI is InChI=1S/C13H15ClN4O2/c1-15-4-12-6-18(17-16-12)5-9-2-11(14)3-10-7-19-8-20-13(9)10/h2-3,6,15H,4-5,7-8H2,1H3. The normalized spacial score (nSPS) is 13.9. The second-order valence-electron chi connectivity index (χ2n) is 4.60. The zero-order valence-electron chi connectivity index (χ0n) is 11.1. The summed E-state index contributed by atoms with van der Waals surface area (Å²) in [5.41, 5.74) is 2.85. The predicted octanol–water partition coefficient (Wildman–Crippen LogP) is 1.57. The molecule has 0 radical (unpaired) electrons. The highest BCUT2D eigenvalue weighted by molar-refractivity contribution is 6.30. The van der Waals surface area contributed by atoms with Crippen molar-refractivity contribution in [2.45, 2.75) is 19.7 Å². The van der Waals surface area contributed by atoms with Gasteiger partial charge in [-0.2, -0.15) is 0 Å². The molecule has 1 N–H and O–H groups in total. The van der Waals surface area contributed by atoms with Gasteiger partial charge in [0.05, 0.1) is 25.0 Å². The second-order valence-corrected chi connectivity index (χ2v) is 5.04. The van der Waals surface area contributed by atoms with Gasteiger partial charge in [-0.15, -0.1) is 5.10 Å². The first-order chi connectivity index (χ1) is 9.76. The van der Waals surface area contributed by atoms with E-state index in [9.17, 15) is 0 Å². The van der Waals surface area contributed by atoms with Crippen LogP contribution in [0.2, 0.25) is 5.02 Å². The van der Waals surface area contributed by atoms with Crippen LogP contribution < -0.4 is 10.1 Å². The Bertz CT molecular complexity index is 614. The molecule has 0 unspecified atom stereocenters. The fourth-order valence-electron chi connectivity index (χ4n) is 2.23. The van der Waals surface area contributed by atoms with E-state index in [1.165, 1.54) is 0 Å². The molecule has 1 aromatic carbocycles. The fourth-order valence-corrected chi connectivity index (χ4v) is 2.49. The Labute approximate surface area is 121 Å². The topological polar surface area (TPSA) is 61.2 Å². The Morgan fingerprint density at radius 2 is 2.35 bits per heavy atom. The summed E-state index contributed by atoms with van der Waals surface area (Å²) in [7, 11) is 1.88. The van der Waals surface area contributed by atoms with Crippen molar-refractivity contribution >= 4 is 11.6 Å². The van der Waals surface area contributed by atoms with Gasteiger partial charge in [0.15, 0.2) is 6.79 Å². The van der Waals surface area contributed by atoms with Crippen LogP contribution in [-0.2, 0) is 24.4 Å². The van der Waals surface area contributed by atoms with E-state index in [1.807, 2.05) is 25.4 Å². The average Bonchev–Trinajstić information content (AvgIpc) is 2.86. The van der Waals surface area contributed by atoms with E-state index in [0.29, 0.717) is 24.7 Å². The first kappa shape index (κ1) is 13.4. The number of halogens is 1. The number of aromatic nitrogens is 3. The summed E-state index contributed by atoms with van der Waals surface area (Å²) < 4.78 is 12.6. The van der Waals surface area contributed by atoms with E-state index < -0.39 is 0 Å². The van der Waals surface area contributed by atoms with Gasteiger partial charge in [-0.3, -0.25) is 0 Å².